The Morgan fingerprint density at radius 1 is 0.882 bits per heavy atom. The molecule has 17 heavy (non-hydrogen) atoms. The highest BCUT2D eigenvalue weighted by atomic mass is 28.3. The van der Waals surface area contributed by atoms with Gasteiger partial charge in [0.2, 0.25) is 0 Å². The average Bonchev–Trinajstić information content (AvgIpc) is 2.26. The molecule has 0 aliphatic rings. The molecule has 0 aromatic heterocycles. The van der Waals surface area contributed by atoms with Gasteiger partial charge in [0.05, 0.1) is 0 Å². The molecule has 0 atom stereocenters. The van der Waals surface area contributed by atoms with E-state index in [2.05, 4.69) is 63.7 Å². The Kier molecular flexibility index (Phi) is 7.60. The summed E-state index contributed by atoms with van der Waals surface area (Å²) in [4.78, 5) is 0. The van der Waals surface area contributed by atoms with Gasteiger partial charge in [-0.15, -0.1) is 0 Å². The third-order valence-corrected chi connectivity index (χ3v) is 10.4. The molecule has 0 aromatic rings. The van der Waals surface area contributed by atoms with Crippen LogP contribution in [0.3, 0.4) is 0 Å². The monoisotopic (exact) mass is 271 g/mol. The smallest absolute Gasteiger partial charge is 0.152 e. The van der Waals surface area contributed by atoms with Gasteiger partial charge in [0.15, 0.2) is 8.24 Å². The summed E-state index contributed by atoms with van der Waals surface area (Å²) in [5.74, 6) is 0. The van der Waals surface area contributed by atoms with Crippen LogP contribution in [0.5, 0.6) is 0 Å². The van der Waals surface area contributed by atoms with Gasteiger partial charge in [-0.1, -0.05) is 59.1 Å². The van der Waals surface area contributed by atoms with E-state index >= 15 is 0 Å². The second kappa shape index (κ2) is 7.54. The third-order valence-electron chi connectivity index (χ3n) is 3.78. The first-order chi connectivity index (χ1) is 7.85. The van der Waals surface area contributed by atoms with E-state index in [1.165, 1.54) is 31.2 Å². The zero-order valence-corrected chi connectivity index (χ0v) is 15.1. The summed E-state index contributed by atoms with van der Waals surface area (Å²) in [7, 11) is -2.22. The maximum atomic E-state index is 2.74. The van der Waals surface area contributed by atoms with Crippen molar-refractivity contribution in [1.29, 1.82) is 0 Å². The number of hydrogen-bond donors (Lipinski definition) is 0. The van der Waals surface area contributed by atoms with Crippen LogP contribution in [0.25, 0.3) is 0 Å². The molecule has 0 saturated heterocycles. The van der Waals surface area contributed by atoms with Gasteiger partial charge in [-0.05, 0) is 31.2 Å². The zero-order chi connectivity index (χ0) is 13.5. The molecule has 0 radical (unpaired) electrons. The van der Waals surface area contributed by atoms with E-state index in [1.54, 1.807) is 0 Å². The van der Waals surface area contributed by atoms with Gasteiger partial charge >= 0.3 is 0 Å². The molecular formula is C14H33NSi2. The van der Waals surface area contributed by atoms with Crippen molar-refractivity contribution in [2.45, 2.75) is 65.5 Å². The largest absolute Gasteiger partial charge is 0.321 e. The molecule has 0 saturated carbocycles. The van der Waals surface area contributed by atoms with Crippen molar-refractivity contribution in [3.63, 3.8) is 0 Å². The van der Waals surface area contributed by atoms with Crippen molar-refractivity contribution >= 4 is 16.3 Å². The Bertz CT molecular complexity index is 223. The molecule has 0 heterocycles. The summed E-state index contributed by atoms with van der Waals surface area (Å²) in [6, 6.07) is 4.05. The normalized spacial score (nSPS) is 13.9. The third kappa shape index (κ3) is 5.53. The van der Waals surface area contributed by atoms with Gasteiger partial charge in [-0.25, -0.2) is 0 Å². The SMILES string of the molecule is CCN(CC)[Si](/C=C/C[Si](C)(C)C)(CC)CC. The summed E-state index contributed by atoms with van der Waals surface area (Å²) >= 11 is 0. The molecule has 102 valence electrons. The number of allylic oxidation sites excluding steroid dienone is 1. The van der Waals surface area contributed by atoms with Gasteiger partial charge in [0.25, 0.3) is 0 Å². The predicted octanol–water partition coefficient (Wildman–Crippen LogP) is 4.75. The van der Waals surface area contributed by atoms with Gasteiger partial charge in [0.1, 0.15) is 0 Å². The second-order valence-electron chi connectivity index (χ2n) is 6.15. The number of hydrogen-bond acceptors (Lipinski definition) is 1. The van der Waals surface area contributed by atoms with Crippen molar-refractivity contribution in [2.24, 2.45) is 0 Å². The first kappa shape index (κ1) is 17.1. The lowest BCUT2D eigenvalue weighted by atomic mass is 10.7. The zero-order valence-electron chi connectivity index (χ0n) is 13.1. The van der Waals surface area contributed by atoms with Crippen molar-refractivity contribution in [2.75, 3.05) is 13.1 Å². The fraction of sp³-hybridized carbons (Fsp3) is 0.857. The van der Waals surface area contributed by atoms with Gasteiger partial charge in [-0.3, -0.25) is 0 Å². The van der Waals surface area contributed by atoms with Crippen LogP contribution in [0.4, 0.5) is 0 Å². The molecule has 0 aromatic carbocycles. The minimum absolute atomic E-state index is 0.921. The summed E-state index contributed by atoms with van der Waals surface area (Å²) in [5.41, 5.74) is 2.64. The minimum Gasteiger partial charge on any atom is -0.321 e. The summed E-state index contributed by atoms with van der Waals surface area (Å²) in [6.07, 6.45) is 2.52. The first-order valence-electron chi connectivity index (χ1n) is 7.28. The van der Waals surface area contributed by atoms with Gasteiger partial charge in [-0.2, -0.15) is 0 Å². The van der Waals surface area contributed by atoms with Crippen LogP contribution in [0.2, 0.25) is 37.8 Å². The molecule has 0 aliphatic carbocycles. The molecule has 1 nitrogen and oxygen atoms in total. The fourth-order valence-corrected chi connectivity index (χ4v) is 7.48. The quantitative estimate of drug-likeness (QED) is 0.576. The van der Waals surface area contributed by atoms with E-state index in [1.807, 2.05) is 0 Å². The molecule has 0 bridgehead atoms. The standard InChI is InChI=1S/C14H33NSi2/c1-8-15(9-2)17(10-3,11-4)14-12-13-16(5,6)7/h12,14H,8-11,13H2,1-7H3/b14-12+. The van der Waals surface area contributed by atoms with Crippen LogP contribution in [0, 0.1) is 0 Å². The molecule has 0 aliphatic heterocycles. The average molecular weight is 272 g/mol. The van der Waals surface area contributed by atoms with E-state index in [0.29, 0.717) is 0 Å². The summed E-state index contributed by atoms with van der Waals surface area (Å²) in [6.45, 7) is 19.2. The lowest BCUT2D eigenvalue weighted by Crippen LogP contribution is -2.51. The van der Waals surface area contributed by atoms with Crippen molar-refractivity contribution < 1.29 is 0 Å². The Morgan fingerprint density at radius 3 is 1.65 bits per heavy atom. The maximum Gasteiger partial charge on any atom is 0.152 e. The van der Waals surface area contributed by atoms with Crippen LogP contribution in [0.1, 0.15) is 27.7 Å². The van der Waals surface area contributed by atoms with Gasteiger partial charge < -0.3 is 4.57 Å². The Labute approximate surface area is 111 Å². The Morgan fingerprint density at radius 2 is 1.35 bits per heavy atom. The van der Waals surface area contributed by atoms with E-state index in [-0.39, 0.29) is 0 Å². The van der Waals surface area contributed by atoms with Gasteiger partial charge in [0, 0.05) is 8.07 Å². The Balaban J connectivity index is 4.83. The fourth-order valence-electron chi connectivity index (χ4n) is 2.52. The highest BCUT2D eigenvalue weighted by molar-refractivity contribution is 6.82. The Hall–Kier alpha value is 0.134. The highest BCUT2D eigenvalue weighted by Gasteiger charge is 2.31. The molecule has 0 unspecified atom stereocenters. The topological polar surface area (TPSA) is 3.24 Å². The maximum absolute atomic E-state index is 2.74. The lowest BCUT2D eigenvalue weighted by molar-refractivity contribution is 0.465. The first-order valence-corrected chi connectivity index (χ1v) is 13.4. The summed E-state index contributed by atoms with van der Waals surface area (Å²) in [5, 5.41) is 0. The molecule has 0 amide bonds. The minimum atomic E-state index is -1.30. The molecule has 0 N–H and O–H groups in total. The van der Waals surface area contributed by atoms with E-state index in [0.717, 1.165) is 0 Å². The molecular weight excluding hydrogens is 238 g/mol. The predicted molar refractivity (Wildman–Crippen MR) is 86.9 cm³/mol. The highest BCUT2D eigenvalue weighted by Crippen LogP contribution is 2.23. The number of rotatable bonds is 8. The van der Waals surface area contributed by atoms with Crippen LogP contribution < -0.4 is 0 Å². The molecule has 0 spiro atoms. The lowest BCUT2D eigenvalue weighted by Gasteiger charge is -2.38. The van der Waals surface area contributed by atoms with Crippen molar-refractivity contribution in [3.05, 3.63) is 11.8 Å². The van der Waals surface area contributed by atoms with Crippen molar-refractivity contribution in [3.8, 4) is 0 Å². The molecule has 3 heteroatoms. The van der Waals surface area contributed by atoms with Crippen LogP contribution >= 0.6 is 0 Å². The van der Waals surface area contributed by atoms with Crippen LogP contribution in [-0.2, 0) is 0 Å². The van der Waals surface area contributed by atoms with Crippen LogP contribution in [0.15, 0.2) is 11.8 Å². The second-order valence-corrected chi connectivity index (χ2v) is 16.3. The van der Waals surface area contributed by atoms with Crippen LogP contribution in [-0.4, -0.2) is 34.0 Å². The summed E-state index contributed by atoms with van der Waals surface area (Å²) < 4.78 is 2.74. The van der Waals surface area contributed by atoms with E-state index < -0.39 is 16.3 Å². The number of nitrogens with zero attached hydrogens (tertiary/aromatic N) is 1. The van der Waals surface area contributed by atoms with E-state index in [9.17, 15) is 0 Å². The molecule has 0 fully saturated rings. The van der Waals surface area contributed by atoms with Crippen molar-refractivity contribution in [1.82, 2.24) is 4.57 Å². The molecule has 0 rings (SSSR count). The van der Waals surface area contributed by atoms with E-state index in [4.69, 9.17) is 0 Å².